The molecule has 5 nitrogen and oxygen atoms in total. The van der Waals surface area contributed by atoms with Crippen LogP contribution in [0.2, 0.25) is 0 Å². The van der Waals surface area contributed by atoms with Gasteiger partial charge in [-0.05, 0) is 59.7 Å². The lowest BCUT2D eigenvalue weighted by molar-refractivity contribution is 0.0695. The number of carbonyl (C=O) groups is 1. The summed E-state index contributed by atoms with van der Waals surface area (Å²) in [6, 6.07) is 10.5. The molecule has 2 aliphatic rings. The Morgan fingerprint density at radius 3 is 2.67 bits per heavy atom. The molecule has 136 valence electrons. The number of hydrogen-bond donors (Lipinski definition) is 2. The minimum atomic E-state index is -1.16. The molecule has 0 radical (unpaired) electrons. The number of hydrogen-bond acceptors (Lipinski definition) is 3. The molecule has 27 heavy (non-hydrogen) atoms. The summed E-state index contributed by atoms with van der Waals surface area (Å²) in [5.74, 6) is -1.16. The summed E-state index contributed by atoms with van der Waals surface area (Å²) in [6.45, 7) is 3.82. The molecule has 1 aliphatic heterocycles. The molecule has 0 saturated heterocycles. The molecule has 0 atom stereocenters. The summed E-state index contributed by atoms with van der Waals surface area (Å²) in [4.78, 5) is 24.2. The van der Waals surface area contributed by atoms with Crippen molar-refractivity contribution in [2.75, 3.05) is 0 Å². The number of aryl methyl sites for hydroxylation is 1. The zero-order chi connectivity index (χ0) is 18.7. The van der Waals surface area contributed by atoms with Crippen LogP contribution >= 0.6 is 0 Å². The second kappa shape index (κ2) is 5.79. The highest BCUT2D eigenvalue weighted by Gasteiger charge is 2.28. The van der Waals surface area contributed by atoms with Gasteiger partial charge < -0.3 is 15.0 Å². The van der Waals surface area contributed by atoms with Crippen molar-refractivity contribution in [1.82, 2.24) is 9.88 Å². The number of rotatable bonds is 3. The van der Waals surface area contributed by atoms with Crippen molar-refractivity contribution in [3.8, 4) is 11.1 Å². The van der Waals surface area contributed by atoms with Crippen LogP contribution in [0.15, 0.2) is 41.3 Å². The van der Waals surface area contributed by atoms with Crippen molar-refractivity contribution in [2.24, 2.45) is 0 Å². The van der Waals surface area contributed by atoms with E-state index >= 15 is 0 Å². The SMILES string of the molecule is Cc1c(-c2ccc3c(c2)CNC3)ccc2c(=O)c(C(=O)O)cn(C3CC3)c12. The van der Waals surface area contributed by atoms with E-state index < -0.39 is 11.4 Å². The molecule has 1 aliphatic carbocycles. The van der Waals surface area contributed by atoms with Gasteiger partial charge in [0.05, 0.1) is 5.52 Å². The standard InChI is InChI=1S/C22H20N2O3/c1-12-17(13-2-3-14-9-23-10-15(14)8-13)6-7-18-20(12)24(16-4-5-16)11-19(21(18)25)22(26)27/h2-3,6-8,11,16,23H,4-5,9-10H2,1H3,(H,26,27). The van der Waals surface area contributed by atoms with Crippen LogP contribution in [0, 0.1) is 6.92 Å². The van der Waals surface area contributed by atoms with Crippen LogP contribution in [0.3, 0.4) is 0 Å². The molecule has 5 heteroatoms. The van der Waals surface area contributed by atoms with Crippen molar-refractivity contribution in [3.63, 3.8) is 0 Å². The Morgan fingerprint density at radius 1 is 1.15 bits per heavy atom. The summed E-state index contributed by atoms with van der Waals surface area (Å²) < 4.78 is 2.01. The molecule has 0 bridgehead atoms. The molecule has 1 aromatic heterocycles. The van der Waals surface area contributed by atoms with Gasteiger partial charge in [-0.15, -0.1) is 0 Å². The second-order valence-corrected chi connectivity index (χ2v) is 7.54. The van der Waals surface area contributed by atoms with Crippen LogP contribution in [0.1, 0.15) is 45.9 Å². The van der Waals surface area contributed by atoms with E-state index in [4.69, 9.17) is 0 Å². The zero-order valence-corrected chi connectivity index (χ0v) is 15.1. The number of carboxylic acid groups (broad SMARTS) is 1. The van der Waals surface area contributed by atoms with Crippen LogP contribution in [-0.4, -0.2) is 15.6 Å². The van der Waals surface area contributed by atoms with Crippen molar-refractivity contribution >= 4 is 16.9 Å². The summed E-state index contributed by atoms with van der Waals surface area (Å²) in [5, 5.41) is 13.3. The van der Waals surface area contributed by atoms with E-state index in [1.165, 1.54) is 17.3 Å². The fourth-order valence-corrected chi connectivity index (χ4v) is 4.19. The topological polar surface area (TPSA) is 71.3 Å². The predicted molar refractivity (Wildman–Crippen MR) is 104 cm³/mol. The van der Waals surface area contributed by atoms with Gasteiger partial charge >= 0.3 is 5.97 Å². The van der Waals surface area contributed by atoms with Gasteiger partial charge in [-0.2, -0.15) is 0 Å². The smallest absolute Gasteiger partial charge is 0.341 e. The summed E-state index contributed by atoms with van der Waals surface area (Å²) in [5.41, 5.74) is 6.21. The first-order valence-corrected chi connectivity index (χ1v) is 9.29. The van der Waals surface area contributed by atoms with E-state index in [9.17, 15) is 14.7 Å². The predicted octanol–water partition coefficient (Wildman–Crippen LogP) is 3.61. The number of aromatic nitrogens is 1. The summed E-state index contributed by atoms with van der Waals surface area (Å²) >= 11 is 0. The first-order chi connectivity index (χ1) is 13.0. The van der Waals surface area contributed by atoms with Gasteiger partial charge in [0.25, 0.3) is 0 Å². The lowest BCUT2D eigenvalue weighted by Gasteiger charge is -2.17. The van der Waals surface area contributed by atoms with Crippen molar-refractivity contribution < 1.29 is 9.90 Å². The van der Waals surface area contributed by atoms with Crippen molar-refractivity contribution in [3.05, 3.63) is 69.0 Å². The number of pyridine rings is 1. The van der Waals surface area contributed by atoms with Gasteiger partial charge in [0.1, 0.15) is 5.56 Å². The van der Waals surface area contributed by atoms with Gasteiger partial charge in [-0.1, -0.05) is 18.2 Å². The maximum absolute atomic E-state index is 12.7. The third-order valence-electron chi connectivity index (χ3n) is 5.77. The van der Waals surface area contributed by atoms with Gasteiger partial charge in [0.15, 0.2) is 0 Å². The number of aromatic carboxylic acids is 1. The van der Waals surface area contributed by atoms with E-state index in [0.717, 1.165) is 48.1 Å². The molecule has 0 amide bonds. The number of benzene rings is 2. The number of fused-ring (bicyclic) bond motifs is 2. The molecular formula is C22H20N2O3. The Balaban J connectivity index is 1.78. The Morgan fingerprint density at radius 2 is 1.93 bits per heavy atom. The Bertz CT molecular complexity index is 1170. The minimum Gasteiger partial charge on any atom is -0.477 e. The normalized spacial score (nSPS) is 15.9. The maximum Gasteiger partial charge on any atom is 0.341 e. The molecule has 2 N–H and O–H groups in total. The van der Waals surface area contributed by atoms with Gasteiger partial charge in [0.2, 0.25) is 5.43 Å². The van der Waals surface area contributed by atoms with Crippen LogP contribution in [0.4, 0.5) is 0 Å². The molecule has 2 aromatic carbocycles. The highest BCUT2D eigenvalue weighted by molar-refractivity contribution is 5.95. The van der Waals surface area contributed by atoms with Crippen LogP contribution in [0.5, 0.6) is 0 Å². The molecule has 3 aromatic rings. The lowest BCUT2D eigenvalue weighted by Crippen LogP contribution is -2.19. The van der Waals surface area contributed by atoms with E-state index in [-0.39, 0.29) is 11.6 Å². The Hall–Kier alpha value is -2.92. The van der Waals surface area contributed by atoms with E-state index in [0.29, 0.717) is 5.39 Å². The second-order valence-electron chi connectivity index (χ2n) is 7.54. The van der Waals surface area contributed by atoms with E-state index in [1.807, 2.05) is 17.6 Å². The van der Waals surface area contributed by atoms with Gasteiger partial charge in [-0.3, -0.25) is 4.79 Å². The first-order valence-electron chi connectivity index (χ1n) is 9.29. The average molecular weight is 360 g/mol. The first kappa shape index (κ1) is 16.3. The average Bonchev–Trinajstić information content (AvgIpc) is 3.39. The van der Waals surface area contributed by atoms with Gasteiger partial charge in [-0.25, -0.2) is 4.79 Å². The summed E-state index contributed by atoms with van der Waals surface area (Å²) in [7, 11) is 0. The molecule has 1 fully saturated rings. The molecule has 1 saturated carbocycles. The largest absolute Gasteiger partial charge is 0.477 e. The Labute approximate surface area is 156 Å². The monoisotopic (exact) mass is 360 g/mol. The van der Waals surface area contributed by atoms with E-state index in [1.54, 1.807) is 6.07 Å². The van der Waals surface area contributed by atoms with E-state index in [2.05, 4.69) is 23.5 Å². The molecule has 2 heterocycles. The minimum absolute atomic E-state index is 0.148. The molecule has 0 unspecified atom stereocenters. The lowest BCUT2D eigenvalue weighted by atomic mass is 9.94. The summed E-state index contributed by atoms with van der Waals surface area (Å²) in [6.07, 6.45) is 3.57. The highest BCUT2D eigenvalue weighted by Crippen LogP contribution is 2.39. The maximum atomic E-state index is 12.7. The van der Waals surface area contributed by atoms with Crippen LogP contribution < -0.4 is 10.7 Å². The third-order valence-corrected chi connectivity index (χ3v) is 5.77. The number of carboxylic acids is 1. The fraction of sp³-hybridized carbons (Fsp3) is 0.273. The zero-order valence-electron chi connectivity index (χ0n) is 15.1. The molecule has 5 rings (SSSR count). The third kappa shape index (κ3) is 2.50. The molecular weight excluding hydrogens is 340 g/mol. The molecule has 0 spiro atoms. The highest BCUT2D eigenvalue weighted by atomic mass is 16.4. The number of nitrogens with one attached hydrogen (secondary N) is 1. The van der Waals surface area contributed by atoms with Crippen LogP contribution in [0.25, 0.3) is 22.0 Å². The van der Waals surface area contributed by atoms with Crippen molar-refractivity contribution in [2.45, 2.75) is 38.9 Å². The van der Waals surface area contributed by atoms with Crippen molar-refractivity contribution in [1.29, 1.82) is 0 Å². The fourth-order valence-electron chi connectivity index (χ4n) is 4.19. The Kier molecular flexibility index (Phi) is 3.49. The quantitative estimate of drug-likeness (QED) is 0.748. The number of nitrogens with zero attached hydrogens (tertiary/aromatic N) is 1. The van der Waals surface area contributed by atoms with Gasteiger partial charge in [0, 0.05) is 30.7 Å². The van der Waals surface area contributed by atoms with Crippen LogP contribution in [-0.2, 0) is 13.1 Å².